The Bertz CT molecular complexity index is 477. The molecule has 0 bridgehead atoms. The molecule has 1 heterocycles. The van der Waals surface area contributed by atoms with E-state index in [1.165, 1.54) is 5.69 Å². The summed E-state index contributed by atoms with van der Waals surface area (Å²) in [4.78, 5) is 14.2. The molecule has 0 unspecified atom stereocenters. The predicted molar refractivity (Wildman–Crippen MR) is 88.4 cm³/mol. The van der Waals surface area contributed by atoms with Crippen LogP contribution in [0.4, 0.5) is 11.4 Å². The first kappa shape index (κ1) is 16.6. The molecule has 1 aromatic carbocycles. The Hall–Kier alpha value is -1.75. The normalized spacial score (nSPS) is 16.0. The van der Waals surface area contributed by atoms with Gasteiger partial charge in [-0.25, -0.2) is 4.79 Å². The lowest BCUT2D eigenvalue weighted by atomic mass is 10.1. The second-order valence-corrected chi connectivity index (χ2v) is 5.97. The molecule has 1 saturated heterocycles. The van der Waals surface area contributed by atoms with Gasteiger partial charge >= 0.3 is 5.97 Å². The molecular formula is C17H26N2O3. The fraction of sp³-hybridized carbons (Fsp3) is 0.588. The van der Waals surface area contributed by atoms with Crippen LogP contribution in [0.3, 0.4) is 0 Å². The van der Waals surface area contributed by atoms with Gasteiger partial charge in [-0.2, -0.15) is 0 Å². The molecule has 5 heteroatoms. The van der Waals surface area contributed by atoms with Gasteiger partial charge in [0.15, 0.2) is 0 Å². The van der Waals surface area contributed by atoms with Crippen LogP contribution in [0.15, 0.2) is 24.3 Å². The number of nitrogens with zero attached hydrogens (tertiary/aromatic N) is 1. The van der Waals surface area contributed by atoms with Crippen molar-refractivity contribution in [3.05, 3.63) is 24.3 Å². The molecule has 0 atom stereocenters. The van der Waals surface area contributed by atoms with Gasteiger partial charge in [-0.05, 0) is 51.5 Å². The summed E-state index contributed by atoms with van der Waals surface area (Å²) in [5.41, 5.74) is 1.35. The van der Waals surface area contributed by atoms with Crippen molar-refractivity contribution in [2.24, 2.45) is 0 Å². The molecule has 1 fully saturated rings. The summed E-state index contributed by atoms with van der Waals surface area (Å²) in [7, 11) is 0. The first-order valence-electron chi connectivity index (χ1n) is 7.91. The maximum atomic E-state index is 11.9. The van der Waals surface area contributed by atoms with Gasteiger partial charge in [0.05, 0.1) is 13.2 Å². The van der Waals surface area contributed by atoms with Crippen molar-refractivity contribution in [3.8, 4) is 0 Å². The summed E-state index contributed by atoms with van der Waals surface area (Å²) < 4.78 is 10.6. The fourth-order valence-corrected chi connectivity index (χ4v) is 2.48. The number of esters is 1. The smallest absolute Gasteiger partial charge is 0.331 e. The van der Waals surface area contributed by atoms with E-state index in [9.17, 15) is 4.79 Å². The van der Waals surface area contributed by atoms with Gasteiger partial charge in [0.2, 0.25) is 0 Å². The third-order valence-electron chi connectivity index (χ3n) is 3.70. The molecule has 1 aromatic rings. The molecule has 122 valence electrons. The number of hydrogen-bond donors (Lipinski definition) is 1. The predicted octanol–water partition coefficient (Wildman–Crippen LogP) is 2.67. The minimum atomic E-state index is -0.742. The largest absolute Gasteiger partial charge is 0.464 e. The number of hydrogen-bond acceptors (Lipinski definition) is 5. The highest BCUT2D eigenvalue weighted by molar-refractivity contribution is 5.83. The van der Waals surface area contributed by atoms with Crippen LogP contribution < -0.4 is 10.2 Å². The number of nitrogens with one attached hydrogen (secondary N) is 1. The lowest BCUT2D eigenvalue weighted by molar-refractivity contribution is -0.147. The monoisotopic (exact) mass is 306 g/mol. The van der Waals surface area contributed by atoms with Gasteiger partial charge < -0.3 is 19.7 Å². The highest BCUT2D eigenvalue weighted by atomic mass is 16.5. The summed E-state index contributed by atoms with van der Waals surface area (Å²) >= 11 is 0. The molecule has 1 N–H and O–H groups in total. The summed E-state index contributed by atoms with van der Waals surface area (Å²) in [5.74, 6) is -0.247. The molecule has 1 aliphatic rings. The average Bonchev–Trinajstić information content (AvgIpc) is 2.77. The first-order chi connectivity index (χ1) is 10.5. The van der Waals surface area contributed by atoms with Gasteiger partial charge in [0.25, 0.3) is 0 Å². The highest BCUT2D eigenvalue weighted by Crippen LogP contribution is 2.22. The molecule has 0 aliphatic carbocycles. The van der Waals surface area contributed by atoms with E-state index in [1.54, 1.807) is 0 Å². The molecule has 0 saturated carbocycles. The summed E-state index contributed by atoms with van der Waals surface area (Å²) in [6.45, 7) is 9.39. The standard InChI is InChI=1S/C17H26N2O3/c1-4-22-16(20)17(2,3)18-14-6-8-15(9-7-14)19-10-5-12-21-13-11-19/h6-9,18H,4-5,10-13H2,1-3H3. The van der Waals surface area contributed by atoms with Gasteiger partial charge in [-0.15, -0.1) is 0 Å². The van der Waals surface area contributed by atoms with Crippen LogP contribution in [0, 0.1) is 0 Å². The number of benzene rings is 1. The maximum absolute atomic E-state index is 11.9. The minimum absolute atomic E-state index is 0.247. The van der Waals surface area contributed by atoms with Crippen LogP contribution in [-0.4, -0.2) is 44.4 Å². The quantitative estimate of drug-likeness (QED) is 0.848. The van der Waals surface area contributed by atoms with Crippen LogP contribution in [-0.2, 0) is 14.3 Å². The van der Waals surface area contributed by atoms with Gasteiger partial charge in [0.1, 0.15) is 5.54 Å². The van der Waals surface area contributed by atoms with E-state index < -0.39 is 5.54 Å². The molecule has 0 amide bonds. The molecule has 1 aliphatic heterocycles. The van der Waals surface area contributed by atoms with E-state index in [1.807, 2.05) is 32.9 Å². The second kappa shape index (κ2) is 7.49. The Morgan fingerprint density at radius 3 is 2.68 bits per heavy atom. The van der Waals surface area contributed by atoms with E-state index in [4.69, 9.17) is 9.47 Å². The lowest BCUT2D eigenvalue weighted by Gasteiger charge is -2.26. The average molecular weight is 306 g/mol. The zero-order chi connectivity index (χ0) is 16.0. The molecule has 5 nitrogen and oxygen atoms in total. The zero-order valence-corrected chi connectivity index (χ0v) is 13.7. The van der Waals surface area contributed by atoms with E-state index in [0.29, 0.717) is 6.61 Å². The van der Waals surface area contributed by atoms with Crippen LogP contribution >= 0.6 is 0 Å². The molecule has 0 aromatic heterocycles. The van der Waals surface area contributed by atoms with Crippen molar-refractivity contribution in [1.82, 2.24) is 0 Å². The molecule has 0 radical (unpaired) electrons. The van der Waals surface area contributed by atoms with Crippen molar-refractivity contribution in [1.29, 1.82) is 0 Å². The summed E-state index contributed by atoms with van der Waals surface area (Å²) in [5, 5.41) is 3.23. The number of carbonyl (C=O) groups excluding carboxylic acids is 1. The summed E-state index contributed by atoms with van der Waals surface area (Å²) in [6, 6.07) is 8.16. The molecular weight excluding hydrogens is 280 g/mol. The van der Waals surface area contributed by atoms with E-state index >= 15 is 0 Å². The van der Waals surface area contributed by atoms with Crippen molar-refractivity contribution in [2.75, 3.05) is 43.1 Å². The Labute approximate surface area is 132 Å². The van der Waals surface area contributed by atoms with Crippen LogP contribution in [0.5, 0.6) is 0 Å². The van der Waals surface area contributed by atoms with Gasteiger partial charge in [0, 0.05) is 31.1 Å². The molecule has 0 spiro atoms. The molecule has 22 heavy (non-hydrogen) atoms. The van der Waals surface area contributed by atoms with E-state index in [2.05, 4.69) is 22.3 Å². The summed E-state index contributed by atoms with van der Waals surface area (Å²) in [6.07, 6.45) is 1.05. The van der Waals surface area contributed by atoms with Crippen LogP contribution in [0.25, 0.3) is 0 Å². The van der Waals surface area contributed by atoms with Gasteiger partial charge in [-0.3, -0.25) is 0 Å². The van der Waals surface area contributed by atoms with E-state index in [0.717, 1.165) is 38.4 Å². The second-order valence-electron chi connectivity index (χ2n) is 5.97. The lowest BCUT2D eigenvalue weighted by Crippen LogP contribution is -2.41. The Morgan fingerprint density at radius 1 is 1.27 bits per heavy atom. The number of carbonyl (C=O) groups is 1. The van der Waals surface area contributed by atoms with Crippen molar-refractivity contribution < 1.29 is 14.3 Å². The van der Waals surface area contributed by atoms with Crippen LogP contribution in [0.1, 0.15) is 27.2 Å². The number of anilines is 2. The molecule has 2 rings (SSSR count). The Kier molecular flexibility index (Phi) is 5.66. The van der Waals surface area contributed by atoms with Crippen LogP contribution in [0.2, 0.25) is 0 Å². The zero-order valence-electron chi connectivity index (χ0n) is 13.7. The first-order valence-corrected chi connectivity index (χ1v) is 7.91. The van der Waals surface area contributed by atoms with Gasteiger partial charge in [-0.1, -0.05) is 0 Å². The third-order valence-corrected chi connectivity index (χ3v) is 3.70. The number of ether oxygens (including phenoxy) is 2. The van der Waals surface area contributed by atoms with Crippen molar-refractivity contribution in [2.45, 2.75) is 32.7 Å². The Morgan fingerprint density at radius 2 is 2.00 bits per heavy atom. The minimum Gasteiger partial charge on any atom is -0.464 e. The maximum Gasteiger partial charge on any atom is 0.331 e. The van der Waals surface area contributed by atoms with Crippen molar-refractivity contribution in [3.63, 3.8) is 0 Å². The van der Waals surface area contributed by atoms with E-state index in [-0.39, 0.29) is 5.97 Å². The third kappa shape index (κ3) is 4.37. The fourth-order valence-electron chi connectivity index (χ4n) is 2.48. The Balaban J connectivity index is 2.00. The highest BCUT2D eigenvalue weighted by Gasteiger charge is 2.28. The SMILES string of the molecule is CCOC(=O)C(C)(C)Nc1ccc(N2CCCOCC2)cc1. The van der Waals surface area contributed by atoms with Crippen molar-refractivity contribution >= 4 is 17.3 Å². The topological polar surface area (TPSA) is 50.8 Å². The number of rotatable bonds is 5.